The van der Waals surface area contributed by atoms with Crippen molar-refractivity contribution in [3.63, 3.8) is 0 Å². The van der Waals surface area contributed by atoms with Crippen LogP contribution in [0.15, 0.2) is 4.52 Å². The average Bonchev–Trinajstić information content (AvgIpc) is 2.64. The monoisotopic (exact) mass is 294 g/mol. The van der Waals surface area contributed by atoms with E-state index in [4.69, 9.17) is 4.52 Å². The Morgan fingerprint density at radius 1 is 1.29 bits per heavy atom. The summed E-state index contributed by atoms with van der Waals surface area (Å²) < 4.78 is 5.13. The standard InChI is InChI=1S/C17H30N2O2/c1-11(2)10-15(17(5,6)7)18-16(20)9-8-14-12(3)19-21-13(14)4/h11,15H,8-10H2,1-7H3,(H,18,20)/t15-/m0/s1. The van der Waals surface area contributed by atoms with Gasteiger partial charge in [-0.1, -0.05) is 39.8 Å². The zero-order chi connectivity index (χ0) is 16.2. The molecule has 1 aromatic rings. The van der Waals surface area contributed by atoms with Crippen LogP contribution in [0.3, 0.4) is 0 Å². The van der Waals surface area contributed by atoms with Gasteiger partial charge in [-0.25, -0.2) is 0 Å². The summed E-state index contributed by atoms with van der Waals surface area (Å²) >= 11 is 0. The lowest BCUT2D eigenvalue weighted by Gasteiger charge is -2.33. The first-order chi connectivity index (χ1) is 9.61. The van der Waals surface area contributed by atoms with Gasteiger partial charge in [0.15, 0.2) is 0 Å². The Hall–Kier alpha value is -1.32. The number of aromatic nitrogens is 1. The molecule has 0 unspecified atom stereocenters. The molecule has 0 aliphatic carbocycles. The van der Waals surface area contributed by atoms with E-state index in [0.717, 1.165) is 23.4 Å². The normalized spacial score (nSPS) is 13.5. The molecule has 21 heavy (non-hydrogen) atoms. The Bertz CT molecular complexity index is 450. The minimum Gasteiger partial charge on any atom is -0.361 e. The molecule has 4 heteroatoms. The van der Waals surface area contributed by atoms with Gasteiger partial charge in [0.2, 0.25) is 5.91 Å². The van der Waals surface area contributed by atoms with Crippen LogP contribution in [0, 0.1) is 25.2 Å². The third kappa shape index (κ3) is 5.52. The molecule has 0 saturated carbocycles. The van der Waals surface area contributed by atoms with Crippen molar-refractivity contribution in [3.8, 4) is 0 Å². The molecule has 1 heterocycles. The highest BCUT2D eigenvalue weighted by molar-refractivity contribution is 5.76. The van der Waals surface area contributed by atoms with E-state index in [1.54, 1.807) is 0 Å². The number of rotatable bonds is 6. The Kier molecular flexibility index (Phi) is 5.99. The first kappa shape index (κ1) is 17.7. The molecule has 1 aromatic heterocycles. The molecule has 0 aliphatic heterocycles. The van der Waals surface area contributed by atoms with E-state index in [9.17, 15) is 4.79 Å². The highest BCUT2D eigenvalue weighted by Gasteiger charge is 2.26. The summed E-state index contributed by atoms with van der Waals surface area (Å²) in [4.78, 5) is 12.2. The largest absolute Gasteiger partial charge is 0.361 e. The number of amides is 1. The van der Waals surface area contributed by atoms with E-state index in [1.165, 1.54) is 0 Å². The number of aryl methyl sites for hydroxylation is 2. The van der Waals surface area contributed by atoms with E-state index in [-0.39, 0.29) is 17.4 Å². The first-order valence-electron chi connectivity index (χ1n) is 7.82. The van der Waals surface area contributed by atoms with Crippen molar-refractivity contribution in [2.45, 2.75) is 73.8 Å². The third-order valence-electron chi connectivity index (χ3n) is 3.87. The van der Waals surface area contributed by atoms with Crippen molar-refractivity contribution < 1.29 is 9.32 Å². The van der Waals surface area contributed by atoms with Crippen molar-refractivity contribution in [2.75, 3.05) is 0 Å². The fraction of sp³-hybridized carbons (Fsp3) is 0.765. The van der Waals surface area contributed by atoms with Crippen LogP contribution in [-0.4, -0.2) is 17.1 Å². The molecule has 1 atom stereocenters. The first-order valence-corrected chi connectivity index (χ1v) is 7.82. The number of hydrogen-bond acceptors (Lipinski definition) is 3. The van der Waals surface area contributed by atoms with Gasteiger partial charge in [0.25, 0.3) is 0 Å². The Morgan fingerprint density at radius 2 is 1.90 bits per heavy atom. The second-order valence-corrected chi connectivity index (χ2v) is 7.42. The van der Waals surface area contributed by atoms with Crippen LogP contribution in [0.1, 0.15) is 64.5 Å². The quantitative estimate of drug-likeness (QED) is 0.868. The van der Waals surface area contributed by atoms with Crippen LogP contribution in [0.4, 0.5) is 0 Å². The number of nitrogens with one attached hydrogen (secondary N) is 1. The molecule has 0 bridgehead atoms. The molecule has 0 aliphatic rings. The van der Waals surface area contributed by atoms with Gasteiger partial charge in [-0.05, 0) is 38.0 Å². The van der Waals surface area contributed by atoms with Gasteiger partial charge in [-0.3, -0.25) is 4.79 Å². The number of nitrogens with zero attached hydrogens (tertiary/aromatic N) is 1. The van der Waals surface area contributed by atoms with E-state index < -0.39 is 0 Å². The van der Waals surface area contributed by atoms with Crippen molar-refractivity contribution in [2.24, 2.45) is 11.3 Å². The maximum absolute atomic E-state index is 12.2. The summed E-state index contributed by atoms with van der Waals surface area (Å²) in [7, 11) is 0. The highest BCUT2D eigenvalue weighted by Crippen LogP contribution is 2.25. The summed E-state index contributed by atoms with van der Waals surface area (Å²) in [6.45, 7) is 14.7. The lowest BCUT2D eigenvalue weighted by Crippen LogP contribution is -2.44. The molecular weight excluding hydrogens is 264 g/mol. The fourth-order valence-electron chi connectivity index (χ4n) is 2.46. The molecule has 0 fully saturated rings. The number of carbonyl (C=O) groups is 1. The van der Waals surface area contributed by atoms with Crippen molar-refractivity contribution >= 4 is 5.91 Å². The molecule has 0 saturated heterocycles. The minimum atomic E-state index is 0.0724. The second kappa shape index (κ2) is 7.10. The fourth-order valence-corrected chi connectivity index (χ4v) is 2.46. The molecule has 1 rings (SSSR count). The SMILES string of the molecule is Cc1noc(C)c1CCC(=O)N[C@@H](CC(C)C)C(C)(C)C. The molecule has 120 valence electrons. The summed E-state index contributed by atoms with van der Waals surface area (Å²) in [5.74, 6) is 1.49. The van der Waals surface area contributed by atoms with Gasteiger partial charge in [-0.15, -0.1) is 0 Å². The van der Waals surface area contributed by atoms with E-state index in [0.29, 0.717) is 18.8 Å². The van der Waals surface area contributed by atoms with E-state index >= 15 is 0 Å². The zero-order valence-electron chi connectivity index (χ0n) is 14.5. The average molecular weight is 294 g/mol. The van der Waals surface area contributed by atoms with E-state index in [1.807, 2.05) is 13.8 Å². The number of carbonyl (C=O) groups excluding carboxylic acids is 1. The Labute approximate surface area is 128 Å². The highest BCUT2D eigenvalue weighted by atomic mass is 16.5. The van der Waals surface area contributed by atoms with Crippen LogP contribution < -0.4 is 5.32 Å². The van der Waals surface area contributed by atoms with Gasteiger partial charge in [0, 0.05) is 18.0 Å². The molecule has 1 amide bonds. The van der Waals surface area contributed by atoms with Gasteiger partial charge in [0.05, 0.1) is 5.69 Å². The number of hydrogen-bond donors (Lipinski definition) is 1. The minimum absolute atomic E-state index is 0.0724. The van der Waals surface area contributed by atoms with Crippen molar-refractivity contribution in [1.82, 2.24) is 10.5 Å². The van der Waals surface area contributed by atoms with Crippen LogP contribution in [0.5, 0.6) is 0 Å². The zero-order valence-corrected chi connectivity index (χ0v) is 14.5. The van der Waals surface area contributed by atoms with Gasteiger partial charge in [-0.2, -0.15) is 0 Å². The van der Waals surface area contributed by atoms with Gasteiger partial charge >= 0.3 is 0 Å². The van der Waals surface area contributed by atoms with Gasteiger partial charge < -0.3 is 9.84 Å². The second-order valence-electron chi connectivity index (χ2n) is 7.42. The van der Waals surface area contributed by atoms with Crippen molar-refractivity contribution in [1.29, 1.82) is 0 Å². The molecule has 0 aromatic carbocycles. The summed E-state index contributed by atoms with van der Waals surface area (Å²) in [6, 6.07) is 0.203. The lowest BCUT2D eigenvalue weighted by atomic mass is 9.82. The third-order valence-corrected chi connectivity index (χ3v) is 3.87. The smallest absolute Gasteiger partial charge is 0.220 e. The van der Waals surface area contributed by atoms with Crippen molar-refractivity contribution in [3.05, 3.63) is 17.0 Å². The summed E-state index contributed by atoms with van der Waals surface area (Å²) in [5, 5.41) is 7.13. The molecule has 1 N–H and O–H groups in total. The van der Waals surface area contributed by atoms with Crippen LogP contribution in [0.2, 0.25) is 0 Å². The summed E-state index contributed by atoms with van der Waals surface area (Å²) in [6.07, 6.45) is 2.17. The predicted octanol–water partition coefficient (Wildman–Crippen LogP) is 3.80. The lowest BCUT2D eigenvalue weighted by molar-refractivity contribution is -0.122. The topological polar surface area (TPSA) is 55.1 Å². The molecule has 4 nitrogen and oxygen atoms in total. The maximum atomic E-state index is 12.2. The maximum Gasteiger partial charge on any atom is 0.220 e. The Balaban J connectivity index is 2.58. The van der Waals surface area contributed by atoms with E-state index in [2.05, 4.69) is 45.1 Å². The van der Waals surface area contributed by atoms with Crippen LogP contribution in [-0.2, 0) is 11.2 Å². The Morgan fingerprint density at radius 3 is 2.33 bits per heavy atom. The van der Waals surface area contributed by atoms with Crippen LogP contribution >= 0.6 is 0 Å². The molecule has 0 radical (unpaired) electrons. The molecule has 0 spiro atoms. The van der Waals surface area contributed by atoms with Gasteiger partial charge in [0.1, 0.15) is 5.76 Å². The summed E-state index contributed by atoms with van der Waals surface area (Å²) in [5.41, 5.74) is 2.01. The predicted molar refractivity (Wildman–Crippen MR) is 85.1 cm³/mol. The van der Waals surface area contributed by atoms with Crippen LogP contribution in [0.25, 0.3) is 0 Å². The molecular formula is C17H30N2O2.